The highest BCUT2D eigenvalue weighted by atomic mass is 16.5. The van der Waals surface area contributed by atoms with Gasteiger partial charge < -0.3 is 19.9 Å². The maximum Gasteiger partial charge on any atom is 0.406 e. The van der Waals surface area contributed by atoms with Crippen molar-refractivity contribution in [2.75, 3.05) is 44.1 Å². The Morgan fingerprint density at radius 1 is 1.20 bits per heavy atom. The van der Waals surface area contributed by atoms with Crippen LogP contribution in [-0.2, 0) is 11.2 Å². The second kappa shape index (κ2) is 7.47. The number of benzene rings is 2. The van der Waals surface area contributed by atoms with Gasteiger partial charge in [-0.25, -0.2) is 4.79 Å². The number of ether oxygens (including phenoxy) is 1. The van der Waals surface area contributed by atoms with Crippen LogP contribution in [0.4, 0.5) is 16.2 Å². The van der Waals surface area contributed by atoms with Crippen molar-refractivity contribution in [3.05, 3.63) is 59.7 Å². The molecule has 0 saturated heterocycles. The molecule has 0 saturated carbocycles. The summed E-state index contributed by atoms with van der Waals surface area (Å²) in [6.45, 7) is 1.45. The van der Waals surface area contributed by atoms with Crippen molar-refractivity contribution >= 4 is 17.5 Å². The van der Waals surface area contributed by atoms with Gasteiger partial charge >= 0.3 is 6.09 Å². The van der Waals surface area contributed by atoms with Gasteiger partial charge in [-0.3, -0.25) is 0 Å². The first-order valence-corrected chi connectivity index (χ1v) is 8.54. The van der Waals surface area contributed by atoms with E-state index in [1.807, 2.05) is 14.1 Å². The molecule has 1 atom stereocenters. The number of fused-ring (bicyclic) bond motifs is 1. The second-order valence-corrected chi connectivity index (χ2v) is 6.45. The van der Waals surface area contributed by atoms with E-state index in [1.54, 1.807) is 0 Å². The molecule has 132 valence electrons. The number of anilines is 2. The Morgan fingerprint density at radius 3 is 2.60 bits per heavy atom. The fourth-order valence-corrected chi connectivity index (χ4v) is 3.34. The Morgan fingerprint density at radius 2 is 1.92 bits per heavy atom. The third-order valence-electron chi connectivity index (χ3n) is 4.72. The van der Waals surface area contributed by atoms with Crippen LogP contribution in [-0.4, -0.2) is 40.4 Å². The molecule has 0 fully saturated rings. The maximum absolute atomic E-state index is 11.6. The molecule has 1 amide bonds. The standard InChI is InChI=1S/C20H25N3O2/c1-22(2)17-10-8-16(9-11-17)19(14-21-20(24)25-3)23-13-12-15-6-4-5-7-18(15)23/h4-11,19H,12-14H2,1-3H3,(H,21,24)/t19-/m1/s1. The van der Waals surface area contributed by atoms with Crippen LogP contribution in [0.1, 0.15) is 17.2 Å². The zero-order valence-electron chi connectivity index (χ0n) is 15.0. The van der Waals surface area contributed by atoms with Crippen LogP contribution in [0.25, 0.3) is 0 Å². The Hall–Kier alpha value is -2.69. The topological polar surface area (TPSA) is 44.8 Å². The Bertz CT molecular complexity index is 728. The van der Waals surface area contributed by atoms with E-state index >= 15 is 0 Å². The normalized spacial score (nSPS) is 14.0. The molecule has 0 spiro atoms. The first-order chi connectivity index (χ1) is 12.1. The van der Waals surface area contributed by atoms with E-state index in [0.717, 1.165) is 18.7 Å². The molecule has 0 bridgehead atoms. The number of carbonyl (C=O) groups excluding carboxylic acids is 1. The van der Waals surface area contributed by atoms with Crippen LogP contribution < -0.4 is 15.1 Å². The van der Waals surface area contributed by atoms with Crippen LogP contribution in [0.15, 0.2) is 48.5 Å². The van der Waals surface area contributed by atoms with Crippen LogP contribution in [0.2, 0.25) is 0 Å². The van der Waals surface area contributed by atoms with Gasteiger partial charge in [0.25, 0.3) is 0 Å². The number of methoxy groups -OCH3 is 1. The van der Waals surface area contributed by atoms with Crippen molar-refractivity contribution in [3.8, 4) is 0 Å². The summed E-state index contributed by atoms with van der Waals surface area (Å²) in [5.41, 5.74) is 4.94. The Balaban J connectivity index is 1.89. The minimum atomic E-state index is -0.401. The molecule has 1 N–H and O–H groups in total. The number of para-hydroxylation sites is 1. The molecule has 5 nitrogen and oxygen atoms in total. The van der Waals surface area contributed by atoms with E-state index in [2.05, 4.69) is 63.6 Å². The summed E-state index contributed by atoms with van der Waals surface area (Å²) in [4.78, 5) is 16.0. The monoisotopic (exact) mass is 339 g/mol. The summed E-state index contributed by atoms with van der Waals surface area (Å²) in [7, 11) is 5.45. The fraction of sp³-hybridized carbons (Fsp3) is 0.350. The van der Waals surface area contributed by atoms with E-state index < -0.39 is 6.09 Å². The van der Waals surface area contributed by atoms with Crippen molar-refractivity contribution in [1.82, 2.24) is 5.32 Å². The molecule has 5 heteroatoms. The average molecular weight is 339 g/mol. The van der Waals surface area contributed by atoms with E-state index in [-0.39, 0.29) is 6.04 Å². The highest BCUT2D eigenvalue weighted by Gasteiger charge is 2.27. The SMILES string of the molecule is COC(=O)NC[C@H](c1ccc(N(C)C)cc1)N1CCc2ccccc21. The van der Waals surface area contributed by atoms with Crippen LogP contribution in [0.3, 0.4) is 0 Å². The average Bonchev–Trinajstić information content (AvgIpc) is 3.06. The van der Waals surface area contributed by atoms with Gasteiger partial charge in [-0.1, -0.05) is 30.3 Å². The van der Waals surface area contributed by atoms with E-state index in [1.165, 1.54) is 23.9 Å². The molecule has 0 radical (unpaired) electrons. The maximum atomic E-state index is 11.6. The fourth-order valence-electron chi connectivity index (χ4n) is 3.34. The lowest BCUT2D eigenvalue weighted by Gasteiger charge is -2.31. The molecule has 1 aliphatic heterocycles. The first-order valence-electron chi connectivity index (χ1n) is 8.54. The summed E-state index contributed by atoms with van der Waals surface area (Å²) < 4.78 is 4.74. The number of hydrogen-bond acceptors (Lipinski definition) is 4. The lowest BCUT2D eigenvalue weighted by molar-refractivity contribution is 0.170. The van der Waals surface area contributed by atoms with E-state index in [4.69, 9.17) is 4.74 Å². The summed E-state index contributed by atoms with van der Waals surface area (Å²) in [5.74, 6) is 0. The van der Waals surface area contributed by atoms with Crippen LogP contribution >= 0.6 is 0 Å². The highest BCUT2D eigenvalue weighted by molar-refractivity contribution is 5.67. The number of carbonyl (C=O) groups is 1. The van der Waals surface area contributed by atoms with Crippen LogP contribution in [0.5, 0.6) is 0 Å². The zero-order valence-corrected chi connectivity index (χ0v) is 15.0. The number of alkyl carbamates (subject to hydrolysis) is 1. The Labute approximate surface area is 149 Å². The van der Waals surface area contributed by atoms with Gasteiger partial charge in [-0.15, -0.1) is 0 Å². The summed E-state index contributed by atoms with van der Waals surface area (Å²) in [5, 5.41) is 2.86. The van der Waals surface area contributed by atoms with Crippen molar-refractivity contribution in [2.24, 2.45) is 0 Å². The molecular formula is C20H25N3O2. The molecule has 2 aromatic rings. The van der Waals surface area contributed by atoms with Crippen LogP contribution in [0, 0.1) is 0 Å². The van der Waals surface area contributed by atoms with Gasteiger partial charge in [0.1, 0.15) is 0 Å². The number of nitrogens with one attached hydrogen (secondary N) is 1. The first kappa shape index (κ1) is 17.1. The number of nitrogens with zero attached hydrogens (tertiary/aromatic N) is 2. The predicted molar refractivity (Wildman–Crippen MR) is 101 cm³/mol. The number of amides is 1. The predicted octanol–water partition coefficient (Wildman–Crippen LogP) is 3.21. The minimum Gasteiger partial charge on any atom is -0.453 e. The molecule has 1 heterocycles. The third kappa shape index (κ3) is 3.71. The third-order valence-corrected chi connectivity index (χ3v) is 4.72. The van der Waals surface area contributed by atoms with Gasteiger partial charge in [-0.05, 0) is 35.7 Å². The molecule has 25 heavy (non-hydrogen) atoms. The smallest absolute Gasteiger partial charge is 0.406 e. The lowest BCUT2D eigenvalue weighted by atomic mass is 10.0. The molecule has 1 aliphatic rings. The summed E-state index contributed by atoms with van der Waals surface area (Å²) in [6, 6.07) is 17.0. The van der Waals surface area contributed by atoms with Gasteiger partial charge in [0.05, 0.1) is 13.2 Å². The van der Waals surface area contributed by atoms with E-state index in [0.29, 0.717) is 6.54 Å². The lowest BCUT2D eigenvalue weighted by Crippen LogP contribution is -2.37. The number of hydrogen-bond donors (Lipinski definition) is 1. The molecule has 2 aromatic carbocycles. The van der Waals surface area contributed by atoms with Crippen molar-refractivity contribution < 1.29 is 9.53 Å². The van der Waals surface area contributed by atoms with Gasteiger partial charge in [0, 0.05) is 38.6 Å². The highest BCUT2D eigenvalue weighted by Crippen LogP contribution is 2.35. The molecule has 0 aliphatic carbocycles. The minimum absolute atomic E-state index is 0.0685. The molecular weight excluding hydrogens is 314 g/mol. The Kier molecular flexibility index (Phi) is 5.12. The largest absolute Gasteiger partial charge is 0.453 e. The van der Waals surface area contributed by atoms with Crippen molar-refractivity contribution in [1.29, 1.82) is 0 Å². The van der Waals surface area contributed by atoms with Crippen molar-refractivity contribution in [3.63, 3.8) is 0 Å². The molecule has 3 rings (SSSR count). The second-order valence-electron chi connectivity index (χ2n) is 6.45. The molecule has 0 unspecified atom stereocenters. The molecule has 0 aromatic heterocycles. The summed E-state index contributed by atoms with van der Waals surface area (Å²) in [6.07, 6.45) is 0.628. The number of rotatable bonds is 5. The quantitative estimate of drug-likeness (QED) is 0.908. The van der Waals surface area contributed by atoms with Crippen molar-refractivity contribution in [2.45, 2.75) is 12.5 Å². The van der Waals surface area contributed by atoms with E-state index in [9.17, 15) is 4.79 Å². The summed E-state index contributed by atoms with van der Waals surface area (Å²) >= 11 is 0. The zero-order chi connectivity index (χ0) is 17.8. The van der Waals surface area contributed by atoms with Gasteiger partial charge in [0.15, 0.2) is 0 Å². The van der Waals surface area contributed by atoms with Gasteiger partial charge in [0.2, 0.25) is 0 Å². The van der Waals surface area contributed by atoms with Gasteiger partial charge in [-0.2, -0.15) is 0 Å².